The van der Waals surface area contributed by atoms with Gasteiger partial charge in [-0.05, 0) is 38.9 Å². The molecule has 0 aliphatic carbocycles. The lowest BCUT2D eigenvalue weighted by atomic mass is 10.1. The maximum absolute atomic E-state index is 5.75. The van der Waals surface area contributed by atoms with Gasteiger partial charge in [-0.25, -0.2) is 0 Å². The highest BCUT2D eigenvalue weighted by molar-refractivity contribution is 4.73. The first-order valence-corrected chi connectivity index (χ1v) is 4.10. The Bertz CT molecular complexity index is 85.3. The van der Waals surface area contributed by atoms with E-state index in [1.165, 1.54) is 25.9 Å². The summed E-state index contributed by atoms with van der Waals surface area (Å²) in [5.74, 6) is 0. The Labute approximate surface area is 63.4 Å². The molecule has 0 bridgehead atoms. The lowest BCUT2D eigenvalue weighted by Crippen LogP contribution is -2.39. The summed E-state index contributed by atoms with van der Waals surface area (Å²) in [5.41, 5.74) is 5.75. The van der Waals surface area contributed by atoms with Crippen LogP contribution in [0, 0.1) is 6.92 Å². The molecule has 2 N–H and O–H groups in total. The average Bonchev–Trinajstić information content (AvgIpc) is 1.95. The molecular weight excluding hydrogens is 124 g/mol. The topological polar surface area (TPSA) is 29.3 Å². The smallest absolute Gasteiger partial charge is 0.00631 e. The zero-order chi connectivity index (χ0) is 7.40. The molecule has 0 aromatic carbocycles. The van der Waals surface area contributed by atoms with Gasteiger partial charge in [-0.15, -0.1) is 0 Å². The summed E-state index contributed by atoms with van der Waals surface area (Å²) < 4.78 is 0. The van der Waals surface area contributed by atoms with Crippen molar-refractivity contribution in [3.63, 3.8) is 0 Å². The molecule has 0 aromatic rings. The second-order valence-corrected chi connectivity index (χ2v) is 3.03. The van der Waals surface area contributed by atoms with Gasteiger partial charge in [0.05, 0.1) is 0 Å². The highest BCUT2D eigenvalue weighted by atomic mass is 15.1. The van der Waals surface area contributed by atoms with Gasteiger partial charge in [-0.1, -0.05) is 6.92 Å². The normalized spacial score (nSPS) is 23.4. The molecule has 0 atom stereocenters. The van der Waals surface area contributed by atoms with Crippen LogP contribution in [0.1, 0.15) is 19.3 Å². The van der Waals surface area contributed by atoms with Crippen molar-refractivity contribution in [2.45, 2.75) is 25.3 Å². The third-order valence-electron chi connectivity index (χ3n) is 2.11. The fraction of sp³-hybridized carbons (Fsp3) is 0.875. The van der Waals surface area contributed by atoms with E-state index in [9.17, 15) is 0 Å². The van der Waals surface area contributed by atoms with Crippen LogP contribution in [0.2, 0.25) is 0 Å². The first-order chi connectivity index (χ1) is 4.83. The minimum Gasteiger partial charge on any atom is -0.328 e. The van der Waals surface area contributed by atoms with E-state index in [1.54, 1.807) is 0 Å². The van der Waals surface area contributed by atoms with Crippen LogP contribution in [0.25, 0.3) is 0 Å². The molecule has 1 fully saturated rings. The van der Waals surface area contributed by atoms with Gasteiger partial charge in [-0.2, -0.15) is 0 Å². The van der Waals surface area contributed by atoms with Crippen molar-refractivity contribution in [2.24, 2.45) is 5.73 Å². The molecule has 1 radical (unpaired) electrons. The zero-order valence-corrected chi connectivity index (χ0v) is 6.55. The molecule has 2 heteroatoms. The van der Waals surface area contributed by atoms with Gasteiger partial charge < -0.3 is 10.6 Å². The van der Waals surface area contributed by atoms with Crippen molar-refractivity contribution in [2.75, 3.05) is 19.6 Å². The summed E-state index contributed by atoms with van der Waals surface area (Å²) in [4.78, 5) is 2.44. The molecule has 59 valence electrons. The maximum atomic E-state index is 5.75. The fourth-order valence-electron chi connectivity index (χ4n) is 1.40. The Morgan fingerprint density at radius 2 is 2.00 bits per heavy atom. The molecule has 1 rings (SSSR count). The molecular formula is C8H17N2. The van der Waals surface area contributed by atoms with Crippen LogP contribution in [-0.4, -0.2) is 30.6 Å². The highest BCUT2D eigenvalue weighted by Gasteiger charge is 2.14. The molecule has 1 saturated heterocycles. The standard InChI is InChI=1S/C8H17N2/c1-2-5-10-6-3-8(9)4-7-10/h8H,1-7,9H2. The van der Waals surface area contributed by atoms with E-state index in [0.29, 0.717) is 6.04 Å². The van der Waals surface area contributed by atoms with E-state index in [0.717, 1.165) is 13.0 Å². The van der Waals surface area contributed by atoms with Gasteiger partial charge in [0.2, 0.25) is 0 Å². The summed E-state index contributed by atoms with van der Waals surface area (Å²) in [6.07, 6.45) is 3.36. The monoisotopic (exact) mass is 141 g/mol. The van der Waals surface area contributed by atoms with Gasteiger partial charge in [0.25, 0.3) is 0 Å². The lowest BCUT2D eigenvalue weighted by molar-refractivity contribution is 0.216. The Kier molecular flexibility index (Phi) is 3.16. The number of hydrogen-bond donors (Lipinski definition) is 1. The Hall–Kier alpha value is -0.0800. The minimum atomic E-state index is 0.459. The van der Waals surface area contributed by atoms with Gasteiger partial charge in [0, 0.05) is 6.04 Å². The summed E-state index contributed by atoms with van der Waals surface area (Å²) in [5, 5.41) is 0. The SMILES string of the molecule is [CH2]CCN1CCC(N)CC1. The molecule has 0 saturated carbocycles. The molecule has 0 unspecified atom stereocenters. The Morgan fingerprint density at radius 3 is 2.50 bits per heavy atom. The first-order valence-electron chi connectivity index (χ1n) is 4.10. The quantitative estimate of drug-likeness (QED) is 0.611. The molecule has 0 spiro atoms. The van der Waals surface area contributed by atoms with E-state index >= 15 is 0 Å². The molecule has 0 aromatic heterocycles. The van der Waals surface area contributed by atoms with Crippen molar-refractivity contribution in [3.8, 4) is 0 Å². The van der Waals surface area contributed by atoms with E-state index in [2.05, 4.69) is 11.8 Å². The summed E-state index contributed by atoms with van der Waals surface area (Å²) in [6, 6.07) is 0.459. The predicted molar refractivity (Wildman–Crippen MR) is 43.6 cm³/mol. The van der Waals surface area contributed by atoms with E-state index < -0.39 is 0 Å². The lowest BCUT2D eigenvalue weighted by Gasteiger charge is -2.29. The van der Waals surface area contributed by atoms with Crippen molar-refractivity contribution in [3.05, 3.63) is 6.92 Å². The van der Waals surface area contributed by atoms with Crippen LogP contribution in [0.15, 0.2) is 0 Å². The number of rotatable bonds is 2. The van der Waals surface area contributed by atoms with Crippen molar-refractivity contribution >= 4 is 0 Å². The molecule has 1 aliphatic heterocycles. The van der Waals surface area contributed by atoms with E-state index in [4.69, 9.17) is 5.73 Å². The minimum absolute atomic E-state index is 0.459. The van der Waals surface area contributed by atoms with E-state index in [-0.39, 0.29) is 0 Å². The van der Waals surface area contributed by atoms with Crippen LogP contribution in [0.4, 0.5) is 0 Å². The first kappa shape index (κ1) is 8.02. The summed E-state index contributed by atoms with van der Waals surface area (Å²) >= 11 is 0. The van der Waals surface area contributed by atoms with Crippen LogP contribution < -0.4 is 5.73 Å². The zero-order valence-electron chi connectivity index (χ0n) is 6.55. The van der Waals surface area contributed by atoms with Crippen LogP contribution in [0.5, 0.6) is 0 Å². The maximum Gasteiger partial charge on any atom is 0.00631 e. The molecule has 10 heavy (non-hydrogen) atoms. The molecule has 0 amide bonds. The van der Waals surface area contributed by atoms with Crippen LogP contribution in [0.3, 0.4) is 0 Å². The Morgan fingerprint density at radius 1 is 1.40 bits per heavy atom. The van der Waals surface area contributed by atoms with Gasteiger partial charge >= 0.3 is 0 Å². The van der Waals surface area contributed by atoms with Gasteiger partial charge in [0.1, 0.15) is 0 Å². The van der Waals surface area contributed by atoms with Crippen LogP contribution >= 0.6 is 0 Å². The van der Waals surface area contributed by atoms with Crippen molar-refractivity contribution in [1.29, 1.82) is 0 Å². The average molecular weight is 141 g/mol. The number of hydrogen-bond acceptors (Lipinski definition) is 2. The predicted octanol–water partition coefficient (Wildman–Crippen LogP) is 0.634. The second kappa shape index (κ2) is 3.94. The van der Waals surface area contributed by atoms with Gasteiger partial charge in [0.15, 0.2) is 0 Å². The number of nitrogens with zero attached hydrogens (tertiary/aromatic N) is 1. The fourth-order valence-corrected chi connectivity index (χ4v) is 1.40. The number of likely N-dealkylation sites (tertiary alicyclic amines) is 1. The summed E-state index contributed by atoms with van der Waals surface area (Å²) in [6.45, 7) is 7.33. The van der Waals surface area contributed by atoms with Crippen LogP contribution in [-0.2, 0) is 0 Å². The molecule has 2 nitrogen and oxygen atoms in total. The molecule has 1 aliphatic rings. The van der Waals surface area contributed by atoms with Gasteiger partial charge in [-0.3, -0.25) is 0 Å². The highest BCUT2D eigenvalue weighted by Crippen LogP contribution is 2.07. The summed E-state index contributed by atoms with van der Waals surface area (Å²) in [7, 11) is 0. The number of piperidine rings is 1. The molecule has 1 heterocycles. The third-order valence-corrected chi connectivity index (χ3v) is 2.11. The third kappa shape index (κ3) is 2.27. The van der Waals surface area contributed by atoms with Crippen molar-refractivity contribution in [1.82, 2.24) is 4.90 Å². The van der Waals surface area contributed by atoms with Crippen molar-refractivity contribution < 1.29 is 0 Å². The Balaban J connectivity index is 2.13. The van der Waals surface area contributed by atoms with E-state index in [1.807, 2.05) is 0 Å². The second-order valence-electron chi connectivity index (χ2n) is 3.03. The number of nitrogens with two attached hydrogens (primary N) is 1. The largest absolute Gasteiger partial charge is 0.328 e.